The molecule has 10 heteroatoms. The topological polar surface area (TPSA) is 70.2 Å². The molecule has 3 N–H and O–H groups in total. The molecule has 2 aromatic carbocycles. The molecule has 0 saturated heterocycles. The minimum Gasteiger partial charge on any atom is -0.353 e. The van der Waals surface area contributed by atoms with E-state index in [-0.39, 0.29) is 12.3 Å². The number of hydrogen-bond donors (Lipinski definition) is 3. The molecule has 2 amide bonds. The molecule has 1 atom stereocenters. The third-order valence-electron chi connectivity index (χ3n) is 5.65. The number of rotatable bonds is 9. The quantitative estimate of drug-likeness (QED) is 0.453. The lowest BCUT2D eigenvalue weighted by molar-refractivity contribution is -0.137. The van der Waals surface area contributed by atoms with Crippen molar-refractivity contribution in [3.8, 4) is 0 Å². The molecule has 0 heterocycles. The summed E-state index contributed by atoms with van der Waals surface area (Å²) in [5.41, 5.74) is -0.508. The highest BCUT2D eigenvalue weighted by atomic mass is 35.5. The van der Waals surface area contributed by atoms with Crippen molar-refractivity contribution in [2.75, 3.05) is 20.1 Å². The van der Waals surface area contributed by atoms with E-state index in [1.807, 2.05) is 0 Å². The van der Waals surface area contributed by atoms with E-state index in [0.717, 1.165) is 12.1 Å². The van der Waals surface area contributed by atoms with E-state index in [2.05, 4.69) is 16.0 Å². The lowest BCUT2D eigenvalue weighted by atomic mass is 9.93. The molecule has 2 aromatic rings. The highest BCUT2D eigenvalue weighted by Crippen LogP contribution is 2.51. The van der Waals surface area contributed by atoms with Crippen molar-refractivity contribution >= 4 is 35.0 Å². The van der Waals surface area contributed by atoms with Gasteiger partial charge in [0.05, 0.1) is 11.0 Å². The lowest BCUT2D eigenvalue weighted by Gasteiger charge is -2.23. The van der Waals surface area contributed by atoms with Crippen LogP contribution in [0.25, 0.3) is 0 Å². The summed E-state index contributed by atoms with van der Waals surface area (Å²) in [5.74, 6) is -0.774. The molecule has 5 nitrogen and oxygen atoms in total. The van der Waals surface area contributed by atoms with Crippen molar-refractivity contribution in [2.45, 2.75) is 36.9 Å². The Labute approximate surface area is 200 Å². The van der Waals surface area contributed by atoms with Gasteiger partial charge in [-0.25, -0.2) is 0 Å². The summed E-state index contributed by atoms with van der Waals surface area (Å²) in [6.45, 7) is 0.861. The predicted molar refractivity (Wildman–Crippen MR) is 121 cm³/mol. The Morgan fingerprint density at radius 1 is 1.06 bits per heavy atom. The Morgan fingerprint density at radius 3 is 2.27 bits per heavy atom. The zero-order valence-electron chi connectivity index (χ0n) is 17.9. The first-order valence-electron chi connectivity index (χ1n) is 10.4. The second-order valence-corrected chi connectivity index (χ2v) is 8.87. The van der Waals surface area contributed by atoms with E-state index in [1.54, 1.807) is 25.2 Å². The maximum Gasteiger partial charge on any atom is 0.416 e. The normalized spacial score (nSPS) is 15.6. The standard InChI is InChI=1S/C23H24Cl2F3N3O2/c1-29-10-11-30-20(32)19(12-14-2-4-15(5-3-14)23(26,27)28)31-21(33)22(8-9-22)17-7-6-16(24)13-18(17)25/h2-7,13,19,29H,8-12H2,1H3,(H,30,32)(H,31,33)/t19-/m0/s1. The van der Waals surface area contributed by atoms with Crippen LogP contribution in [-0.2, 0) is 27.6 Å². The third-order valence-corrected chi connectivity index (χ3v) is 6.20. The largest absolute Gasteiger partial charge is 0.416 e. The summed E-state index contributed by atoms with van der Waals surface area (Å²) in [5, 5.41) is 9.25. The average Bonchev–Trinajstić information content (AvgIpc) is 3.55. The molecule has 0 aromatic heterocycles. The number of halogens is 5. The first kappa shape index (κ1) is 25.3. The Hall–Kier alpha value is -2.29. The first-order chi connectivity index (χ1) is 15.6. The van der Waals surface area contributed by atoms with E-state index in [1.165, 1.54) is 12.1 Å². The minimum atomic E-state index is -4.45. The molecule has 178 valence electrons. The molecule has 3 rings (SSSR count). The number of hydrogen-bond acceptors (Lipinski definition) is 3. The summed E-state index contributed by atoms with van der Waals surface area (Å²) in [6.07, 6.45) is -3.28. The summed E-state index contributed by atoms with van der Waals surface area (Å²) < 4.78 is 38.6. The molecular formula is C23H24Cl2F3N3O2. The van der Waals surface area contributed by atoms with Gasteiger partial charge in [-0.3, -0.25) is 9.59 Å². The number of likely N-dealkylation sites (N-methyl/N-ethyl adjacent to an activating group) is 1. The lowest BCUT2D eigenvalue weighted by Crippen LogP contribution is -2.51. The van der Waals surface area contributed by atoms with Crippen LogP contribution in [0.2, 0.25) is 10.0 Å². The number of alkyl halides is 3. The smallest absolute Gasteiger partial charge is 0.353 e. The third kappa shape index (κ3) is 6.19. The summed E-state index contributed by atoms with van der Waals surface area (Å²) >= 11 is 12.3. The first-order valence-corrected chi connectivity index (χ1v) is 11.2. The van der Waals surface area contributed by atoms with Crippen molar-refractivity contribution in [3.05, 3.63) is 69.2 Å². The fraction of sp³-hybridized carbons (Fsp3) is 0.391. The van der Waals surface area contributed by atoms with Crippen LogP contribution in [0.3, 0.4) is 0 Å². The Bertz CT molecular complexity index is 1010. The monoisotopic (exact) mass is 501 g/mol. The van der Waals surface area contributed by atoms with Gasteiger partial charge in [0.1, 0.15) is 6.04 Å². The van der Waals surface area contributed by atoms with Gasteiger partial charge in [-0.2, -0.15) is 13.2 Å². The molecule has 1 aliphatic rings. The van der Waals surface area contributed by atoms with E-state index in [9.17, 15) is 22.8 Å². The van der Waals surface area contributed by atoms with Crippen LogP contribution in [0.4, 0.5) is 13.2 Å². The molecule has 1 fully saturated rings. The van der Waals surface area contributed by atoms with Gasteiger partial charge in [-0.05, 0) is 55.3 Å². The number of benzene rings is 2. The molecule has 33 heavy (non-hydrogen) atoms. The SMILES string of the molecule is CNCCNC(=O)[C@H](Cc1ccc(C(F)(F)F)cc1)NC(=O)C1(c2ccc(Cl)cc2Cl)CC1. The zero-order valence-corrected chi connectivity index (χ0v) is 19.4. The highest BCUT2D eigenvalue weighted by Gasteiger charge is 2.53. The number of nitrogens with one attached hydrogen (secondary N) is 3. The van der Waals surface area contributed by atoms with Gasteiger partial charge in [0.15, 0.2) is 0 Å². The van der Waals surface area contributed by atoms with Crippen molar-refractivity contribution in [2.24, 2.45) is 0 Å². The highest BCUT2D eigenvalue weighted by molar-refractivity contribution is 6.35. The van der Waals surface area contributed by atoms with Crippen molar-refractivity contribution in [1.82, 2.24) is 16.0 Å². The van der Waals surface area contributed by atoms with Crippen LogP contribution < -0.4 is 16.0 Å². The van der Waals surface area contributed by atoms with E-state index in [0.29, 0.717) is 47.1 Å². The summed E-state index contributed by atoms with van der Waals surface area (Å²) in [6, 6.07) is 8.50. The maximum absolute atomic E-state index is 13.2. The summed E-state index contributed by atoms with van der Waals surface area (Å²) in [7, 11) is 1.74. The molecule has 1 aliphatic carbocycles. The Kier molecular flexibility index (Phi) is 7.92. The number of amides is 2. The van der Waals surface area contributed by atoms with Gasteiger partial charge < -0.3 is 16.0 Å². The molecule has 0 bridgehead atoms. The van der Waals surface area contributed by atoms with Crippen molar-refractivity contribution in [1.29, 1.82) is 0 Å². The van der Waals surface area contributed by atoms with E-state index < -0.39 is 29.1 Å². The van der Waals surface area contributed by atoms with Gasteiger partial charge in [0.25, 0.3) is 0 Å². The van der Waals surface area contributed by atoms with Crippen molar-refractivity contribution in [3.63, 3.8) is 0 Å². The molecule has 1 saturated carbocycles. The second-order valence-electron chi connectivity index (χ2n) is 8.03. The maximum atomic E-state index is 13.2. The van der Waals surface area contributed by atoms with Gasteiger partial charge in [0.2, 0.25) is 11.8 Å². The molecule has 0 unspecified atom stereocenters. The van der Waals surface area contributed by atoms with Crippen LogP contribution in [0, 0.1) is 0 Å². The van der Waals surface area contributed by atoms with Gasteiger partial charge in [0, 0.05) is 29.6 Å². The van der Waals surface area contributed by atoms with Crippen LogP contribution in [-0.4, -0.2) is 38.0 Å². The average molecular weight is 502 g/mol. The van der Waals surface area contributed by atoms with Gasteiger partial charge >= 0.3 is 6.18 Å². The van der Waals surface area contributed by atoms with Gasteiger partial charge in [-0.15, -0.1) is 0 Å². The predicted octanol–water partition coefficient (Wildman–Crippen LogP) is 4.11. The number of carbonyl (C=O) groups excluding carboxylic acids is 2. The molecule has 0 aliphatic heterocycles. The minimum absolute atomic E-state index is 0.0414. The van der Waals surface area contributed by atoms with Crippen LogP contribution in [0.15, 0.2) is 42.5 Å². The van der Waals surface area contributed by atoms with Gasteiger partial charge in [-0.1, -0.05) is 41.4 Å². The Balaban J connectivity index is 1.79. The summed E-state index contributed by atoms with van der Waals surface area (Å²) in [4.78, 5) is 26.0. The Morgan fingerprint density at radius 2 is 1.73 bits per heavy atom. The number of carbonyl (C=O) groups is 2. The zero-order chi connectivity index (χ0) is 24.2. The second kappa shape index (κ2) is 10.3. The van der Waals surface area contributed by atoms with Crippen LogP contribution in [0.1, 0.15) is 29.5 Å². The molecular weight excluding hydrogens is 478 g/mol. The van der Waals surface area contributed by atoms with E-state index in [4.69, 9.17) is 23.2 Å². The van der Waals surface area contributed by atoms with Crippen molar-refractivity contribution < 1.29 is 22.8 Å². The fourth-order valence-corrected chi connectivity index (χ4v) is 4.22. The molecule has 0 spiro atoms. The van der Waals surface area contributed by atoms with Crippen LogP contribution in [0.5, 0.6) is 0 Å². The fourth-order valence-electron chi connectivity index (χ4n) is 3.63. The van der Waals surface area contributed by atoms with Crippen LogP contribution >= 0.6 is 23.2 Å². The van der Waals surface area contributed by atoms with E-state index >= 15 is 0 Å². The molecule has 0 radical (unpaired) electrons.